The first-order valence-corrected chi connectivity index (χ1v) is 11.2. The van der Waals surface area contributed by atoms with Crippen molar-refractivity contribution in [2.24, 2.45) is 0 Å². The zero-order valence-electron chi connectivity index (χ0n) is 19.3. The van der Waals surface area contributed by atoms with E-state index in [1.165, 1.54) is 5.56 Å². The molecule has 1 N–H and O–H groups in total. The second-order valence-electron chi connectivity index (χ2n) is 9.33. The van der Waals surface area contributed by atoms with Crippen LogP contribution < -0.4 is 14.8 Å². The predicted octanol–water partition coefficient (Wildman–Crippen LogP) is 4.92. The van der Waals surface area contributed by atoms with E-state index < -0.39 is 0 Å². The zero-order valence-corrected chi connectivity index (χ0v) is 20.0. The van der Waals surface area contributed by atoms with Gasteiger partial charge in [-0.3, -0.25) is 4.79 Å². The second-order valence-corrected chi connectivity index (χ2v) is 9.73. The van der Waals surface area contributed by atoms with Gasteiger partial charge in [0, 0.05) is 10.6 Å². The summed E-state index contributed by atoms with van der Waals surface area (Å²) in [5.41, 5.74) is 1.46. The first kappa shape index (κ1) is 23.1. The normalized spacial score (nSPS) is 21.8. The van der Waals surface area contributed by atoms with Gasteiger partial charge in [-0.15, -0.1) is 10.2 Å². The summed E-state index contributed by atoms with van der Waals surface area (Å²) in [6.07, 6.45) is 1.37. The molecule has 2 aromatic carbocycles. The number of nitrogens with one attached hydrogen (secondary N) is 1. The monoisotopic (exact) mass is 469 g/mol. The third-order valence-electron chi connectivity index (χ3n) is 5.88. The number of rotatable bonds is 8. The minimum atomic E-state index is -0.368. The summed E-state index contributed by atoms with van der Waals surface area (Å²) < 4.78 is 17.2. The lowest BCUT2D eigenvalue weighted by Crippen LogP contribution is -2.61. The van der Waals surface area contributed by atoms with Gasteiger partial charge < -0.3 is 19.2 Å². The van der Waals surface area contributed by atoms with E-state index in [2.05, 4.69) is 22.4 Å². The van der Waals surface area contributed by atoms with Crippen molar-refractivity contribution in [3.05, 3.63) is 70.4 Å². The molecule has 7 nitrogen and oxygen atoms in total. The average Bonchev–Trinajstić information content (AvgIpc) is 3.23. The molecule has 4 rings (SSSR count). The Morgan fingerprint density at radius 2 is 1.76 bits per heavy atom. The van der Waals surface area contributed by atoms with Crippen molar-refractivity contribution in [3.63, 3.8) is 0 Å². The third kappa shape index (κ3) is 5.47. The van der Waals surface area contributed by atoms with Crippen molar-refractivity contribution in [2.75, 3.05) is 6.61 Å². The number of benzene rings is 2. The maximum atomic E-state index is 12.4. The van der Waals surface area contributed by atoms with Gasteiger partial charge in [0.25, 0.3) is 11.8 Å². The fraction of sp³-hybridized carbons (Fsp3) is 0.400. The van der Waals surface area contributed by atoms with E-state index in [1.54, 1.807) is 12.1 Å². The van der Waals surface area contributed by atoms with Gasteiger partial charge >= 0.3 is 0 Å². The molecule has 0 bridgehead atoms. The van der Waals surface area contributed by atoms with Crippen LogP contribution in [-0.2, 0) is 16.8 Å². The van der Waals surface area contributed by atoms with Crippen molar-refractivity contribution in [1.29, 1.82) is 0 Å². The van der Waals surface area contributed by atoms with Crippen LogP contribution in [0, 0.1) is 13.8 Å². The first-order valence-electron chi connectivity index (χ1n) is 10.9. The van der Waals surface area contributed by atoms with Crippen LogP contribution in [0.4, 0.5) is 0 Å². The van der Waals surface area contributed by atoms with Crippen LogP contribution in [0.25, 0.3) is 0 Å². The molecule has 1 fully saturated rings. The smallest absolute Gasteiger partial charge is 0.258 e. The Bertz CT molecular complexity index is 1140. The molecular weight excluding hydrogens is 442 g/mol. The number of hydrogen-bond donors (Lipinski definition) is 1. The second kappa shape index (κ2) is 9.06. The van der Waals surface area contributed by atoms with Crippen LogP contribution in [0.2, 0.25) is 5.02 Å². The van der Waals surface area contributed by atoms with E-state index in [1.807, 2.05) is 51.1 Å². The van der Waals surface area contributed by atoms with E-state index in [4.69, 9.17) is 25.5 Å². The molecule has 8 heteroatoms. The summed E-state index contributed by atoms with van der Waals surface area (Å²) in [5.74, 6) is 2.11. The third-order valence-corrected chi connectivity index (χ3v) is 6.29. The van der Waals surface area contributed by atoms with Gasteiger partial charge in [0.15, 0.2) is 13.2 Å². The Kier molecular flexibility index (Phi) is 6.34. The fourth-order valence-electron chi connectivity index (χ4n) is 4.43. The quantitative estimate of drug-likeness (QED) is 0.503. The molecule has 1 aliphatic carbocycles. The van der Waals surface area contributed by atoms with Crippen LogP contribution in [0.1, 0.15) is 49.6 Å². The molecule has 33 heavy (non-hydrogen) atoms. The fourth-order valence-corrected chi connectivity index (χ4v) is 4.60. The largest absolute Gasteiger partial charge is 0.484 e. The summed E-state index contributed by atoms with van der Waals surface area (Å²) in [6, 6.07) is 13.2. The summed E-state index contributed by atoms with van der Waals surface area (Å²) in [6.45, 7) is 8.14. The van der Waals surface area contributed by atoms with Gasteiger partial charge in [-0.2, -0.15) is 0 Å². The van der Waals surface area contributed by atoms with Gasteiger partial charge in [0.2, 0.25) is 5.89 Å². The zero-order chi connectivity index (χ0) is 23.6. The standard InChI is InChI=1S/C25H28ClN3O4/c1-16-5-8-18(9-6-16)32-13-22-28-29-23(33-22)24(3)14-25(4,15-24)27-21(30)12-31-19-10-7-17(2)20(26)11-19/h5-11H,12-15H2,1-4H3,(H,27,30). The predicted molar refractivity (Wildman–Crippen MR) is 125 cm³/mol. The molecule has 1 saturated carbocycles. The Hall–Kier alpha value is -3.06. The molecule has 1 amide bonds. The molecule has 1 aromatic heterocycles. The highest BCUT2D eigenvalue weighted by Crippen LogP contribution is 2.49. The number of carbonyl (C=O) groups excluding carboxylic acids is 1. The van der Waals surface area contributed by atoms with Crippen molar-refractivity contribution >= 4 is 17.5 Å². The molecule has 0 aliphatic heterocycles. The van der Waals surface area contributed by atoms with Gasteiger partial charge in [-0.25, -0.2) is 0 Å². The van der Waals surface area contributed by atoms with Crippen LogP contribution in [0.5, 0.6) is 11.5 Å². The maximum Gasteiger partial charge on any atom is 0.258 e. The van der Waals surface area contributed by atoms with E-state index in [0.717, 1.165) is 11.3 Å². The molecule has 1 heterocycles. The molecule has 0 spiro atoms. The maximum absolute atomic E-state index is 12.4. The summed E-state index contributed by atoms with van der Waals surface area (Å²) in [5, 5.41) is 12.0. The Balaban J connectivity index is 1.27. The number of amides is 1. The van der Waals surface area contributed by atoms with Crippen molar-refractivity contribution in [3.8, 4) is 11.5 Å². The topological polar surface area (TPSA) is 86.5 Å². The van der Waals surface area contributed by atoms with E-state index in [0.29, 0.717) is 35.4 Å². The van der Waals surface area contributed by atoms with E-state index in [-0.39, 0.29) is 30.1 Å². The molecule has 0 unspecified atom stereocenters. The molecule has 1 aliphatic rings. The Morgan fingerprint density at radius 1 is 1.06 bits per heavy atom. The van der Waals surface area contributed by atoms with E-state index >= 15 is 0 Å². The lowest BCUT2D eigenvalue weighted by Gasteiger charge is -2.51. The molecule has 174 valence electrons. The van der Waals surface area contributed by atoms with E-state index in [9.17, 15) is 4.79 Å². The van der Waals surface area contributed by atoms with Gasteiger partial charge in [0.1, 0.15) is 11.5 Å². The molecular formula is C25H28ClN3O4. The van der Waals surface area contributed by atoms with Gasteiger partial charge in [-0.05, 0) is 63.4 Å². The molecule has 0 saturated heterocycles. The average molecular weight is 470 g/mol. The van der Waals surface area contributed by atoms with Crippen LogP contribution in [0.15, 0.2) is 46.9 Å². The summed E-state index contributed by atoms with van der Waals surface area (Å²) in [7, 11) is 0. The minimum absolute atomic E-state index is 0.0766. The lowest BCUT2D eigenvalue weighted by molar-refractivity contribution is -0.127. The number of carbonyl (C=O) groups is 1. The van der Waals surface area contributed by atoms with Crippen molar-refractivity contribution in [1.82, 2.24) is 15.5 Å². The lowest BCUT2D eigenvalue weighted by atomic mass is 9.59. The minimum Gasteiger partial charge on any atom is -0.484 e. The number of ether oxygens (including phenoxy) is 2. The SMILES string of the molecule is Cc1ccc(OCc2nnc(C3(C)CC(C)(NC(=O)COc4ccc(C)c(Cl)c4)C3)o2)cc1. The van der Waals surface area contributed by atoms with Gasteiger partial charge in [0.05, 0.1) is 5.41 Å². The molecule has 3 aromatic rings. The molecule has 0 atom stereocenters. The summed E-state index contributed by atoms with van der Waals surface area (Å²) in [4.78, 5) is 12.4. The number of aryl methyl sites for hydroxylation is 2. The van der Waals surface area contributed by atoms with Crippen LogP contribution >= 0.6 is 11.6 Å². The van der Waals surface area contributed by atoms with Crippen LogP contribution in [0.3, 0.4) is 0 Å². The van der Waals surface area contributed by atoms with Crippen molar-refractivity contribution < 1.29 is 18.7 Å². The van der Waals surface area contributed by atoms with Gasteiger partial charge in [-0.1, -0.05) is 42.3 Å². The Morgan fingerprint density at radius 3 is 2.45 bits per heavy atom. The molecule has 0 radical (unpaired) electrons. The first-order chi connectivity index (χ1) is 15.6. The van der Waals surface area contributed by atoms with Crippen LogP contribution in [-0.4, -0.2) is 28.3 Å². The highest BCUT2D eigenvalue weighted by molar-refractivity contribution is 6.31. The van der Waals surface area contributed by atoms with Crippen molar-refractivity contribution in [2.45, 2.75) is 58.1 Å². The number of aromatic nitrogens is 2. The number of hydrogen-bond acceptors (Lipinski definition) is 6. The number of halogens is 1. The Labute approximate surface area is 198 Å². The summed E-state index contributed by atoms with van der Waals surface area (Å²) >= 11 is 6.11. The highest BCUT2D eigenvalue weighted by Gasteiger charge is 2.53. The highest BCUT2D eigenvalue weighted by atomic mass is 35.5. The number of nitrogens with zero attached hydrogens (tertiary/aromatic N) is 2.